The maximum atomic E-state index is 11.1. The lowest BCUT2D eigenvalue weighted by Crippen LogP contribution is -2.43. The molecule has 0 radical (unpaired) electrons. The van der Waals surface area contributed by atoms with E-state index in [2.05, 4.69) is 36.4 Å². The van der Waals surface area contributed by atoms with Crippen molar-refractivity contribution in [2.75, 3.05) is 7.05 Å². The summed E-state index contributed by atoms with van der Waals surface area (Å²) in [5.74, 6) is 0.852. The first-order chi connectivity index (χ1) is 9.43. The van der Waals surface area contributed by atoms with Gasteiger partial charge in [-0.05, 0) is 30.5 Å². The number of carbonyl (C=O) groups excluding carboxylic acids is 1. The van der Waals surface area contributed by atoms with E-state index < -0.39 is 5.91 Å². The minimum Gasteiger partial charge on any atom is -0.366 e. The van der Waals surface area contributed by atoms with Gasteiger partial charge in [0.1, 0.15) is 0 Å². The van der Waals surface area contributed by atoms with Crippen molar-refractivity contribution in [3.63, 3.8) is 0 Å². The van der Waals surface area contributed by atoms with E-state index in [4.69, 9.17) is 5.73 Å². The summed E-state index contributed by atoms with van der Waals surface area (Å²) >= 11 is 0. The van der Waals surface area contributed by atoms with Gasteiger partial charge in [0.05, 0.1) is 0 Å². The Morgan fingerprint density at radius 2 is 2.00 bits per heavy atom. The van der Waals surface area contributed by atoms with Crippen LogP contribution in [0.25, 0.3) is 0 Å². The van der Waals surface area contributed by atoms with Crippen molar-refractivity contribution in [2.24, 2.45) is 16.6 Å². The molecule has 1 atom stereocenters. The van der Waals surface area contributed by atoms with Crippen LogP contribution in [0.15, 0.2) is 29.3 Å². The molecule has 0 aliphatic rings. The first-order valence-electron chi connectivity index (χ1n) is 6.80. The minimum atomic E-state index is -0.414. The van der Waals surface area contributed by atoms with Crippen molar-refractivity contribution in [1.82, 2.24) is 10.6 Å². The van der Waals surface area contributed by atoms with Crippen LogP contribution >= 0.6 is 24.0 Å². The van der Waals surface area contributed by atoms with Gasteiger partial charge in [0.2, 0.25) is 5.91 Å². The van der Waals surface area contributed by atoms with E-state index in [1.165, 1.54) is 0 Å². The number of benzene rings is 1. The van der Waals surface area contributed by atoms with Crippen LogP contribution in [0, 0.1) is 5.92 Å². The summed E-state index contributed by atoms with van der Waals surface area (Å²) in [5, 5.41) is 6.55. The molecule has 0 bridgehead atoms. The summed E-state index contributed by atoms with van der Waals surface area (Å²) in [6.45, 7) is 7.01. The number of primary amides is 1. The first kappa shape index (κ1) is 19.7. The zero-order valence-corrected chi connectivity index (χ0v) is 15.3. The predicted octanol–water partition coefficient (Wildman–Crippen LogP) is 2.11. The van der Waals surface area contributed by atoms with Crippen molar-refractivity contribution < 1.29 is 4.79 Å². The maximum Gasteiger partial charge on any atom is 0.248 e. The third-order valence-electron chi connectivity index (χ3n) is 3.26. The Balaban J connectivity index is 0.00000400. The van der Waals surface area contributed by atoms with Crippen molar-refractivity contribution in [1.29, 1.82) is 0 Å². The largest absolute Gasteiger partial charge is 0.366 e. The van der Waals surface area contributed by atoms with Crippen LogP contribution in [0.2, 0.25) is 0 Å². The molecule has 0 aliphatic heterocycles. The first-order valence-corrected chi connectivity index (χ1v) is 6.80. The van der Waals surface area contributed by atoms with Crippen LogP contribution < -0.4 is 16.4 Å². The van der Waals surface area contributed by atoms with E-state index in [1.807, 2.05) is 12.1 Å². The van der Waals surface area contributed by atoms with Gasteiger partial charge in [0, 0.05) is 25.2 Å². The SMILES string of the molecule is CN=C(NCc1cccc(C(N)=O)c1)NC(C)C(C)C.I. The lowest BCUT2D eigenvalue weighted by molar-refractivity contribution is 0.1000. The second kappa shape index (κ2) is 9.59. The molecule has 1 rings (SSSR count). The van der Waals surface area contributed by atoms with Crippen LogP contribution in [0.4, 0.5) is 0 Å². The molecule has 118 valence electrons. The minimum absolute atomic E-state index is 0. The van der Waals surface area contributed by atoms with Gasteiger partial charge in [0.25, 0.3) is 0 Å². The Kier molecular flexibility index (Phi) is 9.00. The molecule has 0 heterocycles. The average Bonchev–Trinajstić information content (AvgIpc) is 2.43. The van der Waals surface area contributed by atoms with Crippen LogP contribution in [0.5, 0.6) is 0 Å². The molecule has 0 aromatic heterocycles. The predicted molar refractivity (Wildman–Crippen MR) is 98.0 cm³/mol. The molecule has 1 aromatic carbocycles. The molecule has 21 heavy (non-hydrogen) atoms. The number of nitrogens with two attached hydrogens (primary N) is 1. The molecule has 0 spiro atoms. The molecule has 0 fully saturated rings. The third-order valence-corrected chi connectivity index (χ3v) is 3.26. The van der Waals surface area contributed by atoms with Gasteiger partial charge in [-0.3, -0.25) is 9.79 Å². The second-order valence-corrected chi connectivity index (χ2v) is 5.17. The standard InChI is InChI=1S/C15H24N4O.HI/c1-10(2)11(3)19-15(17-4)18-9-12-6-5-7-13(8-12)14(16)20;/h5-8,10-11H,9H2,1-4H3,(H2,16,20)(H2,17,18,19);1H. The van der Waals surface area contributed by atoms with Crippen LogP contribution in [-0.2, 0) is 6.54 Å². The summed E-state index contributed by atoms with van der Waals surface area (Å²) in [6, 6.07) is 7.59. The fraction of sp³-hybridized carbons (Fsp3) is 0.467. The van der Waals surface area contributed by atoms with E-state index in [0.29, 0.717) is 24.1 Å². The van der Waals surface area contributed by atoms with Crippen LogP contribution in [0.1, 0.15) is 36.7 Å². The topological polar surface area (TPSA) is 79.5 Å². The summed E-state index contributed by atoms with van der Waals surface area (Å²) < 4.78 is 0. The van der Waals surface area contributed by atoms with Gasteiger partial charge in [-0.25, -0.2) is 0 Å². The highest BCUT2D eigenvalue weighted by atomic mass is 127. The quantitative estimate of drug-likeness (QED) is 0.400. The number of halogens is 1. The van der Waals surface area contributed by atoms with Crippen LogP contribution in [0.3, 0.4) is 0 Å². The van der Waals surface area contributed by atoms with Crippen molar-refractivity contribution in [3.8, 4) is 0 Å². The van der Waals surface area contributed by atoms with Crippen molar-refractivity contribution in [3.05, 3.63) is 35.4 Å². The monoisotopic (exact) mass is 404 g/mol. The van der Waals surface area contributed by atoms with E-state index in [0.717, 1.165) is 11.5 Å². The normalized spacial score (nSPS) is 12.5. The number of guanidine groups is 1. The van der Waals surface area contributed by atoms with E-state index in [1.54, 1.807) is 19.2 Å². The zero-order valence-electron chi connectivity index (χ0n) is 13.0. The molecule has 0 saturated carbocycles. The van der Waals surface area contributed by atoms with Gasteiger partial charge in [-0.15, -0.1) is 24.0 Å². The smallest absolute Gasteiger partial charge is 0.248 e. The molecular formula is C15H25IN4O. The average molecular weight is 404 g/mol. The summed E-state index contributed by atoms with van der Waals surface area (Å²) in [7, 11) is 1.74. The molecule has 0 aliphatic carbocycles. The van der Waals surface area contributed by atoms with Gasteiger partial charge < -0.3 is 16.4 Å². The molecule has 4 N–H and O–H groups in total. The van der Waals surface area contributed by atoms with Gasteiger partial charge in [-0.2, -0.15) is 0 Å². The molecule has 1 amide bonds. The highest BCUT2D eigenvalue weighted by Crippen LogP contribution is 2.04. The molecule has 0 saturated heterocycles. The number of hydrogen-bond acceptors (Lipinski definition) is 2. The Hall–Kier alpha value is -1.31. The number of nitrogens with zero attached hydrogens (tertiary/aromatic N) is 1. The zero-order chi connectivity index (χ0) is 15.1. The second-order valence-electron chi connectivity index (χ2n) is 5.17. The van der Waals surface area contributed by atoms with Gasteiger partial charge in [-0.1, -0.05) is 26.0 Å². The number of aliphatic imine (C=N–C) groups is 1. The molecular weight excluding hydrogens is 379 g/mol. The summed E-state index contributed by atoms with van der Waals surface area (Å²) in [5.41, 5.74) is 6.77. The maximum absolute atomic E-state index is 11.1. The fourth-order valence-corrected chi connectivity index (χ4v) is 1.60. The molecule has 6 heteroatoms. The molecule has 5 nitrogen and oxygen atoms in total. The van der Waals surface area contributed by atoms with Crippen LogP contribution in [-0.4, -0.2) is 25.0 Å². The lowest BCUT2D eigenvalue weighted by Gasteiger charge is -2.20. The molecule has 1 unspecified atom stereocenters. The number of amides is 1. The van der Waals surface area contributed by atoms with Crippen molar-refractivity contribution >= 4 is 35.8 Å². The fourth-order valence-electron chi connectivity index (χ4n) is 1.60. The number of carbonyl (C=O) groups is 1. The van der Waals surface area contributed by atoms with E-state index in [9.17, 15) is 4.79 Å². The van der Waals surface area contributed by atoms with Gasteiger partial charge in [0.15, 0.2) is 5.96 Å². The summed E-state index contributed by atoms with van der Waals surface area (Å²) in [6.07, 6.45) is 0. The highest BCUT2D eigenvalue weighted by Gasteiger charge is 2.09. The Labute approximate surface area is 143 Å². The van der Waals surface area contributed by atoms with E-state index in [-0.39, 0.29) is 24.0 Å². The Morgan fingerprint density at radius 3 is 2.52 bits per heavy atom. The van der Waals surface area contributed by atoms with Gasteiger partial charge >= 0.3 is 0 Å². The van der Waals surface area contributed by atoms with E-state index >= 15 is 0 Å². The number of hydrogen-bond donors (Lipinski definition) is 3. The number of rotatable bonds is 5. The Morgan fingerprint density at radius 1 is 1.33 bits per heavy atom. The molecule has 1 aromatic rings. The summed E-state index contributed by atoms with van der Waals surface area (Å²) in [4.78, 5) is 15.3. The van der Waals surface area contributed by atoms with Crippen molar-refractivity contribution in [2.45, 2.75) is 33.4 Å². The Bertz CT molecular complexity index is 488. The third kappa shape index (κ3) is 6.79. The lowest BCUT2D eigenvalue weighted by atomic mass is 10.1. The highest BCUT2D eigenvalue weighted by molar-refractivity contribution is 14.0. The number of nitrogens with one attached hydrogen (secondary N) is 2.